The fourth-order valence-corrected chi connectivity index (χ4v) is 2.91. The number of hydrogen-bond acceptors (Lipinski definition) is 6. The van der Waals surface area contributed by atoms with E-state index in [1.54, 1.807) is 72.8 Å². The van der Waals surface area contributed by atoms with Crippen molar-refractivity contribution < 1.29 is 14.2 Å². The first-order valence-corrected chi connectivity index (χ1v) is 9.73. The lowest BCUT2D eigenvalue weighted by Gasteiger charge is -2.10. The molecule has 0 radical (unpaired) electrons. The molecule has 3 aromatic carbocycles. The summed E-state index contributed by atoms with van der Waals surface area (Å²) in [5.74, 6) is 1.32. The van der Waals surface area contributed by atoms with Gasteiger partial charge in [0.1, 0.15) is 17.2 Å². The lowest BCUT2D eigenvalue weighted by Crippen LogP contribution is -2.01. The van der Waals surface area contributed by atoms with Crippen molar-refractivity contribution in [1.29, 1.82) is 0 Å². The van der Waals surface area contributed by atoms with Crippen LogP contribution in [0.15, 0.2) is 72.8 Å². The Bertz CT molecular complexity index is 1030. The molecule has 0 aliphatic heterocycles. The van der Waals surface area contributed by atoms with Crippen molar-refractivity contribution in [2.45, 2.75) is 0 Å². The van der Waals surface area contributed by atoms with Crippen LogP contribution in [0.1, 0.15) is 0 Å². The van der Waals surface area contributed by atoms with E-state index in [0.29, 0.717) is 32.3 Å². The summed E-state index contributed by atoms with van der Waals surface area (Å²) < 4.78 is 17.1. The van der Waals surface area contributed by atoms with Gasteiger partial charge in [-0.05, 0) is 54.6 Å². The average molecular weight is 461 g/mol. The van der Waals surface area contributed by atoms with E-state index in [0.717, 1.165) is 0 Å². The smallest absolute Gasteiger partial charge is 0.331 e. The fourth-order valence-electron chi connectivity index (χ4n) is 2.37. The quantitative estimate of drug-likeness (QED) is 0.303. The second kappa shape index (κ2) is 9.17. The van der Waals surface area contributed by atoms with Crippen molar-refractivity contribution in [2.24, 2.45) is 0 Å². The molecule has 30 heavy (non-hydrogen) atoms. The van der Waals surface area contributed by atoms with E-state index in [2.05, 4.69) is 15.0 Å². The van der Waals surface area contributed by atoms with Gasteiger partial charge in [0.2, 0.25) is 0 Å². The molecule has 1 heterocycles. The van der Waals surface area contributed by atoms with Gasteiger partial charge in [0.05, 0.1) is 0 Å². The molecule has 9 heteroatoms. The standard InChI is InChI=1S/C21H12Cl3N3O3/c22-13-4-1-7-16(10-13)28-19-25-20(29-17-8-2-5-14(23)11-17)27-21(26-19)30-18-9-3-6-15(24)12-18/h1-12H. The van der Waals surface area contributed by atoms with Gasteiger partial charge in [0.15, 0.2) is 0 Å². The molecule has 0 fully saturated rings. The van der Waals surface area contributed by atoms with Gasteiger partial charge in [-0.15, -0.1) is 15.0 Å². The lowest BCUT2D eigenvalue weighted by molar-refractivity contribution is 0.362. The number of ether oxygens (including phenoxy) is 3. The van der Waals surface area contributed by atoms with Crippen molar-refractivity contribution in [3.63, 3.8) is 0 Å². The van der Waals surface area contributed by atoms with Crippen LogP contribution in [0.5, 0.6) is 35.3 Å². The van der Waals surface area contributed by atoms with Crippen molar-refractivity contribution in [1.82, 2.24) is 15.0 Å². The van der Waals surface area contributed by atoms with Gasteiger partial charge in [0.25, 0.3) is 0 Å². The normalized spacial score (nSPS) is 10.5. The lowest BCUT2D eigenvalue weighted by atomic mass is 10.3. The second-order valence-electron chi connectivity index (χ2n) is 5.86. The highest BCUT2D eigenvalue weighted by atomic mass is 35.5. The van der Waals surface area contributed by atoms with E-state index in [1.807, 2.05) is 0 Å². The number of nitrogens with zero attached hydrogens (tertiary/aromatic N) is 3. The van der Waals surface area contributed by atoms with Gasteiger partial charge in [-0.1, -0.05) is 53.0 Å². The maximum absolute atomic E-state index is 6.01. The molecule has 0 unspecified atom stereocenters. The molecule has 150 valence electrons. The summed E-state index contributed by atoms with van der Waals surface area (Å²) in [4.78, 5) is 12.6. The molecule has 0 bridgehead atoms. The number of benzene rings is 3. The van der Waals surface area contributed by atoms with Gasteiger partial charge in [-0.2, -0.15) is 0 Å². The summed E-state index contributed by atoms with van der Waals surface area (Å²) in [5, 5.41) is 1.52. The van der Waals surface area contributed by atoms with Crippen LogP contribution < -0.4 is 14.2 Å². The summed E-state index contributed by atoms with van der Waals surface area (Å²) >= 11 is 18.0. The van der Waals surface area contributed by atoms with Crippen LogP contribution >= 0.6 is 34.8 Å². The third-order valence-electron chi connectivity index (χ3n) is 3.59. The van der Waals surface area contributed by atoms with E-state index in [4.69, 9.17) is 49.0 Å². The first kappa shape index (κ1) is 20.2. The molecule has 0 saturated carbocycles. The third-order valence-corrected chi connectivity index (χ3v) is 4.29. The van der Waals surface area contributed by atoms with Crippen LogP contribution in [0, 0.1) is 0 Å². The Balaban J connectivity index is 1.67. The monoisotopic (exact) mass is 459 g/mol. The maximum Gasteiger partial charge on any atom is 0.331 e. The summed E-state index contributed by atoms with van der Waals surface area (Å²) in [6.45, 7) is 0. The second-order valence-corrected chi connectivity index (χ2v) is 7.17. The van der Waals surface area contributed by atoms with E-state index in [-0.39, 0.29) is 18.0 Å². The summed E-state index contributed by atoms with van der Waals surface area (Å²) in [6, 6.07) is 20.3. The van der Waals surface area contributed by atoms with Crippen molar-refractivity contribution in [3.05, 3.63) is 87.9 Å². The van der Waals surface area contributed by atoms with Crippen molar-refractivity contribution in [3.8, 4) is 35.3 Å². The van der Waals surface area contributed by atoms with Crippen molar-refractivity contribution >= 4 is 34.8 Å². The van der Waals surface area contributed by atoms with E-state index in [9.17, 15) is 0 Å². The van der Waals surface area contributed by atoms with E-state index >= 15 is 0 Å². The van der Waals surface area contributed by atoms with Gasteiger partial charge < -0.3 is 14.2 Å². The van der Waals surface area contributed by atoms with Crippen LogP contribution in [0.3, 0.4) is 0 Å². The molecule has 0 saturated heterocycles. The molecule has 6 nitrogen and oxygen atoms in total. The molecular weight excluding hydrogens is 449 g/mol. The Hall–Kier alpha value is -3.06. The third kappa shape index (κ3) is 5.51. The minimum atomic E-state index is -0.0404. The summed E-state index contributed by atoms with van der Waals surface area (Å²) in [7, 11) is 0. The highest BCUT2D eigenvalue weighted by molar-refractivity contribution is 6.31. The Morgan fingerprint density at radius 2 is 0.767 bits per heavy atom. The first-order valence-electron chi connectivity index (χ1n) is 8.60. The van der Waals surface area contributed by atoms with Gasteiger partial charge in [-0.3, -0.25) is 0 Å². The highest BCUT2D eigenvalue weighted by Crippen LogP contribution is 2.29. The highest BCUT2D eigenvalue weighted by Gasteiger charge is 2.13. The molecule has 4 aromatic rings. The number of halogens is 3. The minimum Gasteiger partial charge on any atom is -0.424 e. The predicted molar refractivity (Wildman–Crippen MR) is 114 cm³/mol. The fraction of sp³-hybridized carbons (Fsp3) is 0. The molecule has 0 spiro atoms. The zero-order valence-electron chi connectivity index (χ0n) is 15.1. The Labute approximate surface area is 187 Å². The zero-order valence-corrected chi connectivity index (χ0v) is 17.4. The first-order chi connectivity index (χ1) is 14.5. The molecule has 0 N–H and O–H groups in total. The molecule has 0 amide bonds. The SMILES string of the molecule is Clc1cccc(Oc2nc(Oc3cccc(Cl)c3)nc(Oc3cccc(Cl)c3)n2)c1. The predicted octanol–water partition coefficient (Wildman–Crippen LogP) is 7.21. The Morgan fingerprint density at radius 3 is 1.03 bits per heavy atom. The number of aromatic nitrogens is 3. The Kier molecular flexibility index (Phi) is 6.18. The van der Waals surface area contributed by atoms with Crippen molar-refractivity contribution in [2.75, 3.05) is 0 Å². The van der Waals surface area contributed by atoms with Crippen LogP contribution in [-0.4, -0.2) is 15.0 Å². The molecule has 0 atom stereocenters. The number of rotatable bonds is 6. The van der Waals surface area contributed by atoms with Crippen LogP contribution in [0.4, 0.5) is 0 Å². The van der Waals surface area contributed by atoms with E-state index in [1.165, 1.54) is 0 Å². The van der Waals surface area contributed by atoms with Crippen LogP contribution in [0.25, 0.3) is 0 Å². The average Bonchev–Trinajstić information content (AvgIpc) is 2.68. The Morgan fingerprint density at radius 1 is 0.467 bits per heavy atom. The zero-order chi connectivity index (χ0) is 20.9. The summed E-state index contributed by atoms with van der Waals surface area (Å²) in [6.07, 6.45) is 0. The van der Waals surface area contributed by atoms with Gasteiger partial charge in [-0.25, -0.2) is 0 Å². The molecule has 0 aliphatic carbocycles. The largest absolute Gasteiger partial charge is 0.424 e. The van der Waals surface area contributed by atoms with Crippen LogP contribution in [-0.2, 0) is 0 Å². The summed E-state index contributed by atoms with van der Waals surface area (Å²) in [5.41, 5.74) is 0. The molecular formula is C21H12Cl3N3O3. The van der Waals surface area contributed by atoms with Gasteiger partial charge >= 0.3 is 18.0 Å². The minimum absolute atomic E-state index is 0.0404. The molecule has 0 aliphatic rings. The maximum atomic E-state index is 6.01. The van der Waals surface area contributed by atoms with E-state index < -0.39 is 0 Å². The molecule has 1 aromatic heterocycles. The molecule has 4 rings (SSSR count). The number of hydrogen-bond donors (Lipinski definition) is 0. The topological polar surface area (TPSA) is 66.4 Å². The van der Waals surface area contributed by atoms with Crippen LogP contribution in [0.2, 0.25) is 15.1 Å². The van der Waals surface area contributed by atoms with Gasteiger partial charge in [0, 0.05) is 15.1 Å².